The lowest BCUT2D eigenvalue weighted by atomic mass is 10.1. The van der Waals surface area contributed by atoms with E-state index >= 15 is 0 Å². The number of hydrogen-bond acceptors (Lipinski definition) is 3. The summed E-state index contributed by atoms with van der Waals surface area (Å²) < 4.78 is 0. The molecule has 0 saturated carbocycles. The normalized spacial score (nSPS) is 11.0. The van der Waals surface area contributed by atoms with Crippen molar-refractivity contribution < 1.29 is 5.11 Å². The Kier molecular flexibility index (Phi) is 2.30. The lowest BCUT2D eigenvalue weighted by Gasteiger charge is -2.01. The molecule has 0 saturated heterocycles. The van der Waals surface area contributed by atoms with E-state index in [2.05, 4.69) is 15.0 Å². The van der Waals surface area contributed by atoms with Gasteiger partial charge in [-0.25, -0.2) is 9.97 Å². The summed E-state index contributed by atoms with van der Waals surface area (Å²) in [5, 5.41) is 9.89. The number of phenolic OH excluding ortho intramolecular Hbond substituents is 1. The van der Waals surface area contributed by atoms with Crippen molar-refractivity contribution in [1.29, 1.82) is 0 Å². The second kappa shape index (κ2) is 3.84. The summed E-state index contributed by atoms with van der Waals surface area (Å²) >= 11 is 0. The average Bonchev–Trinajstić information content (AvgIpc) is 2.74. The van der Waals surface area contributed by atoms with Crippen LogP contribution in [0.25, 0.3) is 22.6 Å². The summed E-state index contributed by atoms with van der Waals surface area (Å²) in [4.78, 5) is 11.9. The van der Waals surface area contributed by atoms with Gasteiger partial charge in [-0.05, 0) is 38.1 Å². The Labute approximate surface area is 104 Å². The van der Waals surface area contributed by atoms with Crippen molar-refractivity contribution in [3.8, 4) is 17.1 Å². The first-order valence-electron chi connectivity index (χ1n) is 5.77. The number of aryl methyl sites for hydroxylation is 2. The summed E-state index contributed by atoms with van der Waals surface area (Å²) in [6.07, 6.45) is 0. The smallest absolute Gasteiger partial charge is 0.178 e. The van der Waals surface area contributed by atoms with E-state index in [0.29, 0.717) is 17.0 Å². The number of imidazole rings is 1. The molecule has 0 amide bonds. The Morgan fingerprint density at radius 1 is 1.06 bits per heavy atom. The zero-order valence-corrected chi connectivity index (χ0v) is 10.2. The summed E-state index contributed by atoms with van der Waals surface area (Å²) in [6, 6.07) is 9.32. The highest BCUT2D eigenvalue weighted by molar-refractivity contribution is 5.77. The molecule has 18 heavy (non-hydrogen) atoms. The maximum Gasteiger partial charge on any atom is 0.178 e. The lowest BCUT2D eigenvalue weighted by Crippen LogP contribution is -1.83. The van der Waals surface area contributed by atoms with E-state index < -0.39 is 0 Å². The van der Waals surface area contributed by atoms with Gasteiger partial charge in [-0.2, -0.15) is 0 Å². The predicted molar refractivity (Wildman–Crippen MR) is 70.5 cm³/mol. The second-order valence-corrected chi connectivity index (χ2v) is 4.43. The van der Waals surface area contributed by atoms with E-state index in [1.54, 1.807) is 6.07 Å². The van der Waals surface area contributed by atoms with Crippen LogP contribution in [0.15, 0.2) is 30.3 Å². The van der Waals surface area contributed by atoms with Crippen LogP contribution in [0.5, 0.6) is 5.75 Å². The number of phenols is 1. The van der Waals surface area contributed by atoms with Gasteiger partial charge >= 0.3 is 0 Å². The molecule has 2 aromatic heterocycles. The Hall–Kier alpha value is -2.36. The molecule has 0 aliphatic heterocycles. The van der Waals surface area contributed by atoms with E-state index in [-0.39, 0.29) is 5.75 Å². The summed E-state index contributed by atoms with van der Waals surface area (Å²) in [7, 11) is 0. The van der Waals surface area contributed by atoms with Crippen LogP contribution < -0.4 is 0 Å². The van der Waals surface area contributed by atoms with Crippen LogP contribution in [0.1, 0.15) is 11.3 Å². The van der Waals surface area contributed by atoms with Crippen molar-refractivity contribution in [3.63, 3.8) is 0 Å². The number of nitrogens with one attached hydrogen (secondary N) is 1. The van der Waals surface area contributed by atoms with Crippen molar-refractivity contribution >= 4 is 11.2 Å². The van der Waals surface area contributed by atoms with Gasteiger partial charge in [0, 0.05) is 5.69 Å². The van der Waals surface area contributed by atoms with Crippen LogP contribution in [-0.2, 0) is 0 Å². The maximum absolute atomic E-state index is 9.89. The summed E-state index contributed by atoms with van der Waals surface area (Å²) in [6.45, 7) is 3.91. The van der Waals surface area contributed by atoms with Crippen LogP contribution >= 0.6 is 0 Å². The van der Waals surface area contributed by atoms with Gasteiger partial charge in [-0.3, -0.25) is 0 Å². The number of aromatic nitrogens is 3. The van der Waals surface area contributed by atoms with Gasteiger partial charge < -0.3 is 10.1 Å². The van der Waals surface area contributed by atoms with Gasteiger partial charge in [-0.1, -0.05) is 11.6 Å². The summed E-state index contributed by atoms with van der Waals surface area (Å²) in [5.74, 6) is 0.862. The molecule has 2 N–H and O–H groups in total. The van der Waals surface area contributed by atoms with E-state index in [9.17, 15) is 5.11 Å². The fourth-order valence-corrected chi connectivity index (χ4v) is 1.95. The monoisotopic (exact) mass is 239 g/mol. The van der Waals surface area contributed by atoms with E-state index in [0.717, 1.165) is 16.8 Å². The lowest BCUT2D eigenvalue weighted by molar-refractivity contribution is 0.477. The average molecular weight is 239 g/mol. The minimum atomic E-state index is 0.219. The van der Waals surface area contributed by atoms with Gasteiger partial charge in [0.2, 0.25) is 0 Å². The molecule has 3 aromatic rings. The highest BCUT2D eigenvalue weighted by Gasteiger charge is 2.10. The molecular formula is C14H13N3O. The van der Waals surface area contributed by atoms with Crippen LogP contribution in [0.3, 0.4) is 0 Å². The molecule has 4 heteroatoms. The van der Waals surface area contributed by atoms with E-state index in [1.165, 1.54) is 0 Å². The van der Waals surface area contributed by atoms with Crippen LogP contribution in [0, 0.1) is 13.8 Å². The third-order valence-electron chi connectivity index (χ3n) is 2.89. The first-order chi connectivity index (χ1) is 8.63. The molecule has 1 aromatic carbocycles. The minimum Gasteiger partial charge on any atom is -0.507 e. The third-order valence-corrected chi connectivity index (χ3v) is 2.89. The molecule has 0 radical (unpaired) electrons. The van der Waals surface area contributed by atoms with Crippen molar-refractivity contribution in [1.82, 2.24) is 15.0 Å². The molecular weight excluding hydrogens is 226 g/mol. The Bertz CT molecular complexity index is 731. The molecule has 0 atom stereocenters. The summed E-state index contributed by atoms with van der Waals surface area (Å²) in [5.41, 5.74) is 4.24. The molecule has 4 nitrogen and oxygen atoms in total. The van der Waals surface area contributed by atoms with Crippen molar-refractivity contribution in [2.24, 2.45) is 0 Å². The molecule has 2 heterocycles. The highest BCUT2D eigenvalue weighted by Crippen LogP contribution is 2.28. The van der Waals surface area contributed by atoms with Crippen molar-refractivity contribution in [2.75, 3.05) is 0 Å². The van der Waals surface area contributed by atoms with Gasteiger partial charge in [-0.15, -0.1) is 0 Å². The second-order valence-electron chi connectivity index (χ2n) is 4.43. The zero-order valence-electron chi connectivity index (χ0n) is 10.2. The molecule has 0 aliphatic rings. The van der Waals surface area contributed by atoms with Crippen molar-refractivity contribution in [2.45, 2.75) is 13.8 Å². The van der Waals surface area contributed by atoms with Crippen molar-refractivity contribution in [3.05, 3.63) is 41.6 Å². The minimum absolute atomic E-state index is 0.219. The topological polar surface area (TPSA) is 61.8 Å². The molecule has 0 aliphatic carbocycles. The number of nitrogens with zero attached hydrogens (tertiary/aromatic N) is 2. The molecule has 0 spiro atoms. The number of pyridine rings is 1. The van der Waals surface area contributed by atoms with Gasteiger partial charge in [0.25, 0.3) is 0 Å². The van der Waals surface area contributed by atoms with E-state index in [4.69, 9.17) is 0 Å². The number of aromatic amines is 1. The fraction of sp³-hybridized carbons (Fsp3) is 0.143. The Balaban J connectivity index is 2.22. The first-order valence-corrected chi connectivity index (χ1v) is 5.77. The maximum atomic E-state index is 9.89. The number of hydrogen-bond donors (Lipinski definition) is 2. The highest BCUT2D eigenvalue weighted by atomic mass is 16.3. The molecule has 90 valence electrons. The van der Waals surface area contributed by atoms with Crippen LogP contribution in [0.4, 0.5) is 0 Å². The van der Waals surface area contributed by atoms with Crippen LogP contribution in [0.2, 0.25) is 0 Å². The number of rotatable bonds is 1. The number of benzene rings is 1. The first kappa shape index (κ1) is 10.8. The van der Waals surface area contributed by atoms with Crippen LogP contribution in [-0.4, -0.2) is 20.1 Å². The Morgan fingerprint density at radius 3 is 2.72 bits per heavy atom. The standard InChI is InChI=1S/C14H13N3O/c1-8-3-6-12(18)10(7-8)13-16-11-5-4-9(2)15-14(11)17-13/h3-7,18H,1-2H3,(H,15,16,17). The molecule has 3 rings (SSSR count). The molecule has 0 unspecified atom stereocenters. The quantitative estimate of drug-likeness (QED) is 0.686. The predicted octanol–water partition coefficient (Wildman–Crippen LogP) is 2.95. The number of aromatic hydroxyl groups is 1. The van der Waals surface area contributed by atoms with E-state index in [1.807, 2.05) is 38.1 Å². The van der Waals surface area contributed by atoms with Gasteiger partial charge in [0.1, 0.15) is 11.6 Å². The number of fused-ring (bicyclic) bond motifs is 1. The zero-order chi connectivity index (χ0) is 12.7. The molecule has 0 bridgehead atoms. The van der Waals surface area contributed by atoms with Gasteiger partial charge in [0.15, 0.2) is 5.65 Å². The SMILES string of the molecule is Cc1ccc(O)c(-c2nc3nc(C)ccc3[nH]2)c1. The van der Waals surface area contributed by atoms with Gasteiger partial charge in [0.05, 0.1) is 11.1 Å². The number of H-pyrrole nitrogens is 1. The fourth-order valence-electron chi connectivity index (χ4n) is 1.95. The Morgan fingerprint density at radius 2 is 1.89 bits per heavy atom. The molecule has 0 fully saturated rings. The third kappa shape index (κ3) is 1.72. The largest absolute Gasteiger partial charge is 0.507 e.